The third-order valence-electron chi connectivity index (χ3n) is 5.47. The zero-order valence-electron chi connectivity index (χ0n) is 18.7. The number of nitrogens with one attached hydrogen (secondary N) is 1. The fourth-order valence-electron chi connectivity index (χ4n) is 3.88. The lowest BCUT2D eigenvalue weighted by atomic mass is 10.1. The standard InChI is InChI=1S/C25H24N6O2/c1-16-6-4-5-7-20(16)31-12-13-33-21-15-27-25(30-23(21)31)29-22-9-8-19(24(28-22)32-3)18-10-11-26-17(2)14-18/h4-11,14-15H,12-13H2,1-3H3,(H,27,28,29,30). The van der Waals surface area contributed by atoms with Gasteiger partial charge in [0.2, 0.25) is 11.8 Å². The molecule has 0 bridgehead atoms. The smallest absolute Gasteiger partial charge is 0.230 e. The zero-order valence-corrected chi connectivity index (χ0v) is 18.7. The lowest BCUT2D eigenvalue weighted by Crippen LogP contribution is -2.30. The van der Waals surface area contributed by atoms with Crippen molar-refractivity contribution in [3.63, 3.8) is 0 Å². The molecule has 5 rings (SSSR count). The van der Waals surface area contributed by atoms with Crippen molar-refractivity contribution in [1.29, 1.82) is 0 Å². The average Bonchev–Trinajstić information content (AvgIpc) is 2.84. The summed E-state index contributed by atoms with van der Waals surface area (Å²) in [7, 11) is 1.61. The number of aryl methyl sites for hydroxylation is 2. The van der Waals surface area contributed by atoms with Crippen LogP contribution >= 0.6 is 0 Å². The number of rotatable bonds is 5. The molecule has 3 aromatic heterocycles. The van der Waals surface area contributed by atoms with E-state index in [-0.39, 0.29) is 0 Å². The predicted molar refractivity (Wildman–Crippen MR) is 128 cm³/mol. The number of nitrogens with zero attached hydrogens (tertiary/aromatic N) is 5. The van der Waals surface area contributed by atoms with E-state index < -0.39 is 0 Å². The minimum Gasteiger partial charge on any atom is -0.486 e. The third-order valence-corrected chi connectivity index (χ3v) is 5.47. The van der Waals surface area contributed by atoms with Crippen LogP contribution in [0.25, 0.3) is 11.1 Å². The maximum atomic E-state index is 5.80. The van der Waals surface area contributed by atoms with Gasteiger partial charge < -0.3 is 19.7 Å². The monoisotopic (exact) mass is 440 g/mol. The molecule has 8 nitrogen and oxygen atoms in total. The van der Waals surface area contributed by atoms with Gasteiger partial charge in [0.15, 0.2) is 11.6 Å². The first kappa shape index (κ1) is 20.7. The second-order valence-electron chi connectivity index (χ2n) is 7.73. The topological polar surface area (TPSA) is 85.3 Å². The van der Waals surface area contributed by atoms with Crippen LogP contribution in [0.15, 0.2) is 60.9 Å². The molecule has 4 heterocycles. The molecule has 4 aromatic rings. The van der Waals surface area contributed by atoms with Crippen LogP contribution in [0.3, 0.4) is 0 Å². The van der Waals surface area contributed by atoms with E-state index in [0.717, 1.165) is 28.3 Å². The van der Waals surface area contributed by atoms with Gasteiger partial charge in [-0.15, -0.1) is 0 Å². The Hall–Kier alpha value is -4.20. The second-order valence-corrected chi connectivity index (χ2v) is 7.73. The summed E-state index contributed by atoms with van der Waals surface area (Å²) in [5, 5.41) is 3.20. The molecule has 1 aromatic carbocycles. The van der Waals surface area contributed by atoms with Gasteiger partial charge in [-0.2, -0.15) is 9.97 Å². The molecule has 0 radical (unpaired) electrons. The molecular weight excluding hydrogens is 416 g/mol. The molecular formula is C25H24N6O2. The molecule has 1 aliphatic heterocycles. The SMILES string of the molecule is COc1nc(Nc2ncc3c(n2)N(c2ccccc2C)CCO3)ccc1-c1ccnc(C)c1. The van der Waals surface area contributed by atoms with Crippen molar-refractivity contribution in [1.82, 2.24) is 19.9 Å². The van der Waals surface area contributed by atoms with Crippen LogP contribution in [-0.4, -0.2) is 40.2 Å². The van der Waals surface area contributed by atoms with E-state index in [9.17, 15) is 0 Å². The lowest BCUT2D eigenvalue weighted by Gasteiger charge is -2.31. The first-order chi connectivity index (χ1) is 16.1. The van der Waals surface area contributed by atoms with Gasteiger partial charge in [0.05, 0.1) is 19.9 Å². The van der Waals surface area contributed by atoms with Crippen molar-refractivity contribution in [2.75, 3.05) is 30.5 Å². The maximum absolute atomic E-state index is 5.80. The summed E-state index contributed by atoms with van der Waals surface area (Å²) < 4.78 is 11.4. The molecule has 1 aliphatic rings. The Morgan fingerprint density at radius 2 is 1.91 bits per heavy atom. The number of pyridine rings is 2. The van der Waals surface area contributed by atoms with Gasteiger partial charge in [0, 0.05) is 23.1 Å². The van der Waals surface area contributed by atoms with Crippen LogP contribution in [-0.2, 0) is 0 Å². The van der Waals surface area contributed by atoms with Crippen molar-refractivity contribution in [3.05, 3.63) is 72.2 Å². The Bertz CT molecular complexity index is 1310. The molecule has 1 N–H and O–H groups in total. The molecule has 0 aliphatic carbocycles. The highest BCUT2D eigenvalue weighted by molar-refractivity contribution is 5.72. The highest BCUT2D eigenvalue weighted by Crippen LogP contribution is 2.37. The Labute approximate surface area is 192 Å². The van der Waals surface area contributed by atoms with Gasteiger partial charge in [0.25, 0.3) is 0 Å². The van der Waals surface area contributed by atoms with Crippen LogP contribution in [0.2, 0.25) is 0 Å². The highest BCUT2D eigenvalue weighted by Gasteiger charge is 2.23. The van der Waals surface area contributed by atoms with Gasteiger partial charge in [-0.1, -0.05) is 18.2 Å². The van der Waals surface area contributed by atoms with Crippen molar-refractivity contribution in [2.45, 2.75) is 13.8 Å². The first-order valence-electron chi connectivity index (χ1n) is 10.7. The Kier molecular flexibility index (Phi) is 5.48. The number of anilines is 4. The summed E-state index contributed by atoms with van der Waals surface area (Å²) in [6.45, 7) is 5.33. The molecule has 33 heavy (non-hydrogen) atoms. The maximum Gasteiger partial charge on any atom is 0.230 e. The lowest BCUT2D eigenvalue weighted by molar-refractivity contribution is 0.310. The number of methoxy groups -OCH3 is 1. The predicted octanol–water partition coefficient (Wildman–Crippen LogP) is 4.83. The number of aromatic nitrogens is 4. The summed E-state index contributed by atoms with van der Waals surface area (Å²) in [6.07, 6.45) is 3.47. The molecule has 0 amide bonds. The van der Waals surface area contributed by atoms with Gasteiger partial charge in [-0.3, -0.25) is 4.98 Å². The first-order valence-corrected chi connectivity index (χ1v) is 10.7. The van der Waals surface area contributed by atoms with E-state index in [1.807, 2.05) is 43.3 Å². The third kappa shape index (κ3) is 4.15. The zero-order chi connectivity index (χ0) is 22.8. The van der Waals surface area contributed by atoms with Crippen molar-refractivity contribution >= 4 is 23.3 Å². The number of hydrogen-bond acceptors (Lipinski definition) is 8. The number of fused-ring (bicyclic) bond motifs is 1. The van der Waals surface area contributed by atoms with E-state index >= 15 is 0 Å². The molecule has 0 saturated carbocycles. The minimum atomic E-state index is 0.430. The van der Waals surface area contributed by atoms with Gasteiger partial charge >= 0.3 is 0 Å². The van der Waals surface area contributed by atoms with E-state index in [2.05, 4.69) is 44.2 Å². The summed E-state index contributed by atoms with van der Waals surface area (Å²) in [6, 6.07) is 16.0. The van der Waals surface area contributed by atoms with Crippen molar-refractivity contribution in [3.8, 4) is 22.8 Å². The van der Waals surface area contributed by atoms with E-state index in [4.69, 9.17) is 14.5 Å². The summed E-state index contributed by atoms with van der Waals surface area (Å²) in [5.74, 6) is 2.90. The molecule has 0 unspecified atom stereocenters. The fourth-order valence-corrected chi connectivity index (χ4v) is 3.88. The van der Waals surface area contributed by atoms with Crippen LogP contribution < -0.4 is 19.7 Å². The van der Waals surface area contributed by atoms with E-state index in [0.29, 0.717) is 36.5 Å². The second kappa shape index (κ2) is 8.74. The largest absolute Gasteiger partial charge is 0.486 e. The van der Waals surface area contributed by atoms with Crippen LogP contribution in [0.1, 0.15) is 11.3 Å². The molecule has 166 valence electrons. The number of para-hydroxylation sites is 1. The Morgan fingerprint density at radius 1 is 1.03 bits per heavy atom. The average molecular weight is 441 g/mol. The highest BCUT2D eigenvalue weighted by atomic mass is 16.5. The van der Waals surface area contributed by atoms with E-state index in [1.54, 1.807) is 19.5 Å². The van der Waals surface area contributed by atoms with Crippen molar-refractivity contribution in [2.24, 2.45) is 0 Å². The Balaban J connectivity index is 1.46. The molecule has 0 atom stereocenters. The van der Waals surface area contributed by atoms with Crippen LogP contribution in [0, 0.1) is 13.8 Å². The van der Waals surface area contributed by atoms with Gasteiger partial charge in [-0.05, 0) is 55.3 Å². The van der Waals surface area contributed by atoms with Gasteiger partial charge in [0.1, 0.15) is 12.4 Å². The van der Waals surface area contributed by atoms with Crippen LogP contribution in [0.4, 0.5) is 23.3 Å². The fraction of sp³-hybridized carbons (Fsp3) is 0.200. The molecule has 8 heteroatoms. The number of ether oxygens (including phenoxy) is 2. The normalized spacial score (nSPS) is 12.6. The minimum absolute atomic E-state index is 0.430. The molecule has 0 fully saturated rings. The molecule has 0 spiro atoms. The number of hydrogen-bond donors (Lipinski definition) is 1. The number of benzene rings is 1. The summed E-state index contributed by atoms with van der Waals surface area (Å²) in [5.41, 5.74) is 5.09. The van der Waals surface area contributed by atoms with Crippen LogP contribution in [0.5, 0.6) is 11.6 Å². The molecule has 0 saturated heterocycles. The van der Waals surface area contributed by atoms with E-state index in [1.165, 1.54) is 5.56 Å². The Morgan fingerprint density at radius 3 is 2.73 bits per heavy atom. The summed E-state index contributed by atoms with van der Waals surface area (Å²) in [4.78, 5) is 20.2. The van der Waals surface area contributed by atoms with Crippen molar-refractivity contribution < 1.29 is 9.47 Å². The van der Waals surface area contributed by atoms with Gasteiger partial charge in [-0.25, -0.2) is 4.98 Å². The quantitative estimate of drug-likeness (QED) is 0.472. The summed E-state index contributed by atoms with van der Waals surface area (Å²) >= 11 is 0.